The maximum atomic E-state index is 4.26. The first kappa shape index (κ1) is 13.8. The van der Waals surface area contributed by atoms with Gasteiger partial charge in [-0.05, 0) is 35.0 Å². The Kier molecular flexibility index (Phi) is 4.01. The molecule has 0 bridgehead atoms. The van der Waals surface area contributed by atoms with Gasteiger partial charge in [-0.2, -0.15) is 10.2 Å². The van der Waals surface area contributed by atoms with Gasteiger partial charge in [-0.3, -0.25) is 9.78 Å². The second-order valence-electron chi connectivity index (χ2n) is 4.84. The standard InChI is InChI=1S/C14H15BrN6/c1-10(7-21-8-12(15)6-18-21)19-13-4-2-3-11(5-13)14-16-9-17-20-14/h2-6,8-10,19H,7H2,1H3,(H,16,17,20)/t10-/m0/s1. The Morgan fingerprint density at radius 2 is 2.33 bits per heavy atom. The van der Waals surface area contributed by atoms with Gasteiger partial charge in [-0.25, -0.2) is 4.98 Å². The first-order valence-corrected chi connectivity index (χ1v) is 7.40. The lowest BCUT2D eigenvalue weighted by molar-refractivity contribution is 0.561. The molecule has 0 fully saturated rings. The number of H-pyrrole nitrogens is 1. The van der Waals surface area contributed by atoms with Crippen LogP contribution in [0.15, 0.2) is 47.5 Å². The molecule has 0 amide bonds. The zero-order valence-corrected chi connectivity index (χ0v) is 13.1. The Morgan fingerprint density at radius 1 is 1.43 bits per heavy atom. The molecule has 2 aromatic heterocycles. The highest BCUT2D eigenvalue weighted by Gasteiger charge is 2.06. The first-order valence-electron chi connectivity index (χ1n) is 6.61. The fourth-order valence-corrected chi connectivity index (χ4v) is 2.48. The van der Waals surface area contributed by atoms with Crippen molar-refractivity contribution in [2.75, 3.05) is 5.32 Å². The molecule has 0 saturated carbocycles. The van der Waals surface area contributed by atoms with Crippen molar-refractivity contribution in [1.29, 1.82) is 0 Å². The Hall–Kier alpha value is -2.15. The fraction of sp³-hybridized carbons (Fsp3) is 0.214. The summed E-state index contributed by atoms with van der Waals surface area (Å²) in [7, 11) is 0. The Labute approximate surface area is 130 Å². The molecule has 2 heterocycles. The van der Waals surface area contributed by atoms with E-state index >= 15 is 0 Å². The Balaban J connectivity index is 1.68. The first-order chi connectivity index (χ1) is 10.2. The molecule has 0 radical (unpaired) electrons. The van der Waals surface area contributed by atoms with E-state index in [-0.39, 0.29) is 6.04 Å². The Bertz CT molecular complexity index is 706. The van der Waals surface area contributed by atoms with Gasteiger partial charge in [0.05, 0.1) is 17.2 Å². The van der Waals surface area contributed by atoms with Gasteiger partial charge in [0.15, 0.2) is 5.82 Å². The molecule has 0 aliphatic heterocycles. The van der Waals surface area contributed by atoms with Crippen molar-refractivity contribution >= 4 is 21.6 Å². The summed E-state index contributed by atoms with van der Waals surface area (Å²) in [5.41, 5.74) is 2.05. The highest BCUT2D eigenvalue weighted by atomic mass is 79.9. The van der Waals surface area contributed by atoms with Crippen molar-refractivity contribution in [3.05, 3.63) is 47.5 Å². The summed E-state index contributed by atoms with van der Waals surface area (Å²) >= 11 is 3.40. The van der Waals surface area contributed by atoms with Crippen LogP contribution in [0.25, 0.3) is 11.4 Å². The van der Waals surface area contributed by atoms with E-state index < -0.39 is 0 Å². The largest absolute Gasteiger partial charge is 0.381 e. The number of aromatic nitrogens is 5. The molecule has 2 N–H and O–H groups in total. The lowest BCUT2D eigenvalue weighted by Crippen LogP contribution is -2.22. The van der Waals surface area contributed by atoms with Crippen LogP contribution in [0.5, 0.6) is 0 Å². The summed E-state index contributed by atoms with van der Waals surface area (Å²) in [5, 5.41) is 14.5. The van der Waals surface area contributed by atoms with E-state index in [0.29, 0.717) is 0 Å². The predicted molar refractivity (Wildman–Crippen MR) is 84.8 cm³/mol. The van der Waals surface area contributed by atoms with Crippen molar-refractivity contribution in [2.45, 2.75) is 19.5 Å². The van der Waals surface area contributed by atoms with E-state index in [4.69, 9.17) is 0 Å². The van der Waals surface area contributed by atoms with E-state index in [1.165, 1.54) is 6.33 Å². The van der Waals surface area contributed by atoms with Gasteiger partial charge in [0, 0.05) is 23.5 Å². The van der Waals surface area contributed by atoms with E-state index in [2.05, 4.69) is 54.5 Å². The lowest BCUT2D eigenvalue weighted by atomic mass is 10.2. The molecular weight excluding hydrogens is 332 g/mol. The average Bonchev–Trinajstić information content (AvgIpc) is 3.11. The van der Waals surface area contributed by atoms with Gasteiger partial charge in [0.2, 0.25) is 0 Å². The minimum Gasteiger partial charge on any atom is -0.381 e. The molecule has 0 saturated heterocycles. The Morgan fingerprint density at radius 3 is 3.05 bits per heavy atom. The molecule has 0 aliphatic rings. The van der Waals surface area contributed by atoms with E-state index in [0.717, 1.165) is 28.1 Å². The van der Waals surface area contributed by atoms with Crippen molar-refractivity contribution in [3.8, 4) is 11.4 Å². The zero-order valence-electron chi connectivity index (χ0n) is 11.5. The normalized spacial score (nSPS) is 12.3. The van der Waals surface area contributed by atoms with Crippen LogP contribution in [0.3, 0.4) is 0 Å². The second kappa shape index (κ2) is 6.09. The van der Waals surface area contributed by atoms with E-state index in [1.807, 2.05) is 29.1 Å². The summed E-state index contributed by atoms with van der Waals surface area (Å²) in [6.07, 6.45) is 5.26. The SMILES string of the molecule is C[C@@H](Cn1cc(Br)cn1)Nc1cccc(-c2ncn[nH]2)c1. The molecule has 1 atom stereocenters. The van der Waals surface area contributed by atoms with Crippen molar-refractivity contribution in [2.24, 2.45) is 0 Å². The second-order valence-corrected chi connectivity index (χ2v) is 5.76. The minimum atomic E-state index is 0.252. The lowest BCUT2D eigenvalue weighted by Gasteiger charge is -2.15. The van der Waals surface area contributed by atoms with Crippen LogP contribution < -0.4 is 5.32 Å². The molecule has 108 valence electrons. The van der Waals surface area contributed by atoms with Crippen LogP contribution in [0.4, 0.5) is 5.69 Å². The number of anilines is 1. The van der Waals surface area contributed by atoms with E-state index in [9.17, 15) is 0 Å². The number of hydrogen-bond acceptors (Lipinski definition) is 4. The number of hydrogen-bond donors (Lipinski definition) is 2. The molecule has 3 aromatic rings. The third kappa shape index (κ3) is 3.49. The molecule has 7 heteroatoms. The zero-order chi connectivity index (χ0) is 14.7. The molecule has 0 aliphatic carbocycles. The third-order valence-corrected chi connectivity index (χ3v) is 3.44. The quantitative estimate of drug-likeness (QED) is 0.744. The van der Waals surface area contributed by atoms with Crippen LogP contribution in [-0.4, -0.2) is 31.0 Å². The van der Waals surface area contributed by atoms with Crippen LogP contribution >= 0.6 is 15.9 Å². The molecule has 0 unspecified atom stereocenters. The number of halogens is 1. The van der Waals surface area contributed by atoms with Crippen LogP contribution in [0, 0.1) is 0 Å². The molecule has 3 rings (SSSR count). The van der Waals surface area contributed by atoms with Gasteiger partial charge in [0.25, 0.3) is 0 Å². The smallest absolute Gasteiger partial charge is 0.155 e. The topological polar surface area (TPSA) is 71.4 Å². The fourth-order valence-electron chi connectivity index (χ4n) is 2.15. The van der Waals surface area contributed by atoms with Gasteiger partial charge < -0.3 is 5.32 Å². The highest BCUT2D eigenvalue weighted by molar-refractivity contribution is 9.10. The monoisotopic (exact) mass is 346 g/mol. The van der Waals surface area contributed by atoms with Crippen LogP contribution in [0.1, 0.15) is 6.92 Å². The summed E-state index contributed by atoms with van der Waals surface area (Å²) in [4.78, 5) is 4.16. The van der Waals surface area contributed by atoms with Gasteiger partial charge >= 0.3 is 0 Å². The molecule has 6 nitrogen and oxygen atoms in total. The van der Waals surface area contributed by atoms with Crippen LogP contribution in [-0.2, 0) is 6.54 Å². The number of rotatable bonds is 5. The highest BCUT2D eigenvalue weighted by Crippen LogP contribution is 2.19. The van der Waals surface area contributed by atoms with Crippen molar-refractivity contribution in [3.63, 3.8) is 0 Å². The van der Waals surface area contributed by atoms with Crippen LogP contribution in [0.2, 0.25) is 0 Å². The number of nitrogens with one attached hydrogen (secondary N) is 2. The minimum absolute atomic E-state index is 0.252. The van der Waals surface area contributed by atoms with Crippen molar-refractivity contribution in [1.82, 2.24) is 25.0 Å². The molecule has 21 heavy (non-hydrogen) atoms. The molecule has 0 spiro atoms. The van der Waals surface area contributed by atoms with Gasteiger partial charge in [-0.1, -0.05) is 12.1 Å². The maximum absolute atomic E-state index is 4.26. The van der Waals surface area contributed by atoms with Crippen molar-refractivity contribution < 1.29 is 0 Å². The maximum Gasteiger partial charge on any atom is 0.155 e. The molecular formula is C14H15BrN6. The predicted octanol–water partition coefficient (Wildman–Crippen LogP) is 2.93. The number of aromatic amines is 1. The average molecular weight is 347 g/mol. The number of benzene rings is 1. The van der Waals surface area contributed by atoms with Gasteiger partial charge in [-0.15, -0.1) is 0 Å². The number of nitrogens with zero attached hydrogens (tertiary/aromatic N) is 4. The third-order valence-electron chi connectivity index (χ3n) is 3.03. The summed E-state index contributed by atoms with van der Waals surface area (Å²) in [6.45, 7) is 2.91. The summed E-state index contributed by atoms with van der Waals surface area (Å²) in [5.74, 6) is 0.766. The van der Waals surface area contributed by atoms with Gasteiger partial charge in [0.1, 0.15) is 6.33 Å². The summed E-state index contributed by atoms with van der Waals surface area (Å²) in [6, 6.07) is 8.34. The summed E-state index contributed by atoms with van der Waals surface area (Å²) < 4.78 is 2.89. The van der Waals surface area contributed by atoms with E-state index in [1.54, 1.807) is 6.20 Å². The molecule has 1 aromatic carbocycles.